The van der Waals surface area contributed by atoms with E-state index in [9.17, 15) is 19.3 Å². The highest BCUT2D eigenvalue weighted by Gasteiger charge is 2.17. The fourth-order valence-corrected chi connectivity index (χ4v) is 1.44. The lowest BCUT2D eigenvalue weighted by molar-refractivity contribution is -0.385. The van der Waals surface area contributed by atoms with E-state index in [1.807, 2.05) is 0 Å². The van der Waals surface area contributed by atoms with Crippen molar-refractivity contribution < 1.29 is 24.0 Å². The summed E-state index contributed by atoms with van der Waals surface area (Å²) in [4.78, 5) is 24.4. The molecule has 0 bridgehead atoms. The second-order valence-corrected chi connectivity index (χ2v) is 3.65. The predicted octanol–water partition coefficient (Wildman–Crippen LogP) is 2.62. The number of carboxylic acids is 1. The highest BCUT2D eigenvalue weighted by molar-refractivity contribution is 5.85. The largest absolute Gasteiger partial charge is 0.477 e. The Balaban J connectivity index is 2.39. The van der Waals surface area contributed by atoms with Crippen molar-refractivity contribution in [3.05, 3.63) is 58.2 Å². The molecule has 2 rings (SSSR count). The average molecular weight is 278 g/mol. The van der Waals surface area contributed by atoms with Gasteiger partial charge in [-0.1, -0.05) is 0 Å². The van der Waals surface area contributed by atoms with Gasteiger partial charge in [0.05, 0.1) is 4.92 Å². The number of nitrogens with zero attached hydrogens (tertiary/aromatic N) is 2. The van der Waals surface area contributed by atoms with E-state index < -0.39 is 22.4 Å². The van der Waals surface area contributed by atoms with E-state index in [1.165, 1.54) is 12.3 Å². The fourth-order valence-electron chi connectivity index (χ4n) is 1.44. The summed E-state index contributed by atoms with van der Waals surface area (Å²) in [5.74, 6) is -2.30. The number of pyridine rings is 1. The number of nitro groups is 1. The lowest BCUT2D eigenvalue weighted by Gasteiger charge is -2.06. The lowest BCUT2D eigenvalue weighted by atomic mass is 10.3. The van der Waals surface area contributed by atoms with Crippen LogP contribution in [0.4, 0.5) is 10.1 Å². The maximum Gasteiger partial charge on any atom is 0.354 e. The first-order chi connectivity index (χ1) is 9.47. The van der Waals surface area contributed by atoms with Gasteiger partial charge in [-0.3, -0.25) is 10.1 Å². The van der Waals surface area contributed by atoms with Crippen LogP contribution >= 0.6 is 0 Å². The molecule has 0 saturated carbocycles. The minimum absolute atomic E-state index is 0.00565. The third-order valence-corrected chi connectivity index (χ3v) is 2.30. The maximum atomic E-state index is 13.1. The number of carbonyl (C=O) groups is 1. The zero-order valence-corrected chi connectivity index (χ0v) is 9.82. The standard InChI is InChI=1S/C12H7FN2O5/c13-7-1-2-10(15(18)19)11(5-7)20-8-3-4-14-9(6-8)12(16)17/h1-6H,(H,16,17). The third kappa shape index (κ3) is 2.86. The van der Waals surface area contributed by atoms with Crippen molar-refractivity contribution in [3.8, 4) is 11.5 Å². The number of halogens is 1. The Labute approximate surface area is 111 Å². The highest BCUT2D eigenvalue weighted by Crippen LogP contribution is 2.31. The van der Waals surface area contributed by atoms with Crippen molar-refractivity contribution >= 4 is 11.7 Å². The fraction of sp³-hybridized carbons (Fsp3) is 0. The van der Waals surface area contributed by atoms with Crippen LogP contribution < -0.4 is 4.74 Å². The topological polar surface area (TPSA) is 103 Å². The SMILES string of the molecule is O=C(O)c1cc(Oc2cc(F)ccc2[N+](=O)[O-])ccn1. The molecule has 1 aromatic carbocycles. The minimum Gasteiger partial charge on any atom is -0.477 e. The Kier molecular flexibility index (Phi) is 3.56. The minimum atomic E-state index is -1.27. The van der Waals surface area contributed by atoms with Crippen molar-refractivity contribution in [3.63, 3.8) is 0 Å². The number of aromatic nitrogens is 1. The summed E-state index contributed by atoms with van der Waals surface area (Å²) in [6, 6.07) is 5.13. The Morgan fingerprint density at radius 2 is 2.10 bits per heavy atom. The van der Waals surface area contributed by atoms with Gasteiger partial charge in [0, 0.05) is 24.4 Å². The molecular weight excluding hydrogens is 271 g/mol. The highest BCUT2D eigenvalue weighted by atomic mass is 19.1. The Bertz CT molecular complexity index is 689. The van der Waals surface area contributed by atoms with Gasteiger partial charge in [0.15, 0.2) is 5.69 Å². The van der Waals surface area contributed by atoms with Crippen LogP contribution in [0.3, 0.4) is 0 Å². The van der Waals surface area contributed by atoms with Crippen LogP contribution in [0.25, 0.3) is 0 Å². The van der Waals surface area contributed by atoms with Crippen molar-refractivity contribution in [2.45, 2.75) is 0 Å². The molecule has 102 valence electrons. The van der Waals surface area contributed by atoms with Gasteiger partial charge in [0.2, 0.25) is 5.75 Å². The van der Waals surface area contributed by atoms with Gasteiger partial charge in [-0.2, -0.15) is 0 Å². The summed E-state index contributed by atoms with van der Waals surface area (Å²) in [7, 11) is 0. The first-order valence-electron chi connectivity index (χ1n) is 5.28. The molecule has 7 nitrogen and oxygen atoms in total. The molecule has 1 aromatic heterocycles. The first kappa shape index (κ1) is 13.4. The van der Waals surface area contributed by atoms with Crippen LogP contribution in [0, 0.1) is 15.9 Å². The summed E-state index contributed by atoms with van der Waals surface area (Å²) in [6.07, 6.45) is 1.17. The zero-order chi connectivity index (χ0) is 14.7. The predicted molar refractivity (Wildman–Crippen MR) is 64.3 cm³/mol. The van der Waals surface area contributed by atoms with Crippen molar-refractivity contribution in [1.29, 1.82) is 0 Å². The molecule has 0 unspecified atom stereocenters. The van der Waals surface area contributed by atoms with E-state index in [4.69, 9.17) is 9.84 Å². The van der Waals surface area contributed by atoms with Gasteiger partial charge < -0.3 is 9.84 Å². The number of nitro benzene ring substituents is 1. The van der Waals surface area contributed by atoms with E-state index in [0.29, 0.717) is 0 Å². The van der Waals surface area contributed by atoms with Gasteiger partial charge in [-0.05, 0) is 12.1 Å². The molecule has 0 aliphatic carbocycles. The average Bonchev–Trinajstić information content (AvgIpc) is 2.38. The summed E-state index contributed by atoms with van der Waals surface area (Å²) >= 11 is 0. The van der Waals surface area contributed by atoms with E-state index in [1.54, 1.807) is 0 Å². The smallest absolute Gasteiger partial charge is 0.354 e. The third-order valence-electron chi connectivity index (χ3n) is 2.30. The number of benzene rings is 1. The number of hydrogen-bond donors (Lipinski definition) is 1. The number of ether oxygens (including phenoxy) is 1. The van der Waals surface area contributed by atoms with Crippen LogP contribution in [0.5, 0.6) is 11.5 Å². The van der Waals surface area contributed by atoms with E-state index in [2.05, 4.69) is 4.98 Å². The molecule has 0 amide bonds. The normalized spacial score (nSPS) is 10.1. The van der Waals surface area contributed by atoms with Crippen LogP contribution in [0.1, 0.15) is 10.5 Å². The van der Waals surface area contributed by atoms with Crippen LogP contribution in [0.15, 0.2) is 36.5 Å². The molecule has 8 heteroatoms. The van der Waals surface area contributed by atoms with Crippen LogP contribution in [-0.4, -0.2) is 21.0 Å². The molecule has 0 atom stereocenters. The second kappa shape index (κ2) is 5.31. The number of carboxylic acid groups (broad SMARTS) is 1. The van der Waals surface area contributed by atoms with Gasteiger partial charge in [0.1, 0.15) is 11.6 Å². The molecule has 0 aliphatic rings. The van der Waals surface area contributed by atoms with E-state index in [-0.39, 0.29) is 17.2 Å². The first-order valence-corrected chi connectivity index (χ1v) is 5.28. The number of rotatable bonds is 4. The lowest BCUT2D eigenvalue weighted by Crippen LogP contribution is -2.00. The molecule has 20 heavy (non-hydrogen) atoms. The summed E-state index contributed by atoms with van der Waals surface area (Å²) < 4.78 is 18.3. The number of hydrogen-bond acceptors (Lipinski definition) is 5. The summed E-state index contributed by atoms with van der Waals surface area (Å²) in [5, 5.41) is 19.6. The molecule has 1 heterocycles. The van der Waals surface area contributed by atoms with E-state index in [0.717, 1.165) is 24.3 Å². The molecular formula is C12H7FN2O5. The molecule has 0 fully saturated rings. The summed E-state index contributed by atoms with van der Waals surface area (Å²) in [6.45, 7) is 0. The maximum absolute atomic E-state index is 13.1. The van der Waals surface area contributed by atoms with Crippen molar-refractivity contribution in [2.75, 3.05) is 0 Å². The molecule has 2 aromatic rings. The van der Waals surface area contributed by atoms with Gasteiger partial charge in [-0.25, -0.2) is 14.2 Å². The van der Waals surface area contributed by atoms with Gasteiger partial charge >= 0.3 is 11.7 Å². The second-order valence-electron chi connectivity index (χ2n) is 3.65. The molecule has 1 N–H and O–H groups in total. The zero-order valence-electron chi connectivity index (χ0n) is 9.82. The molecule has 0 aliphatic heterocycles. The monoisotopic (exact) mass is 278 g/mol. The van der Waals surface area contributed by atoms with Crippen LogP contribution in [-0.2, 0) is 0 Å². The molecule has 0 saturated heterocycles. The van der Waals surface area contributed by atoms with E-state index >= 15 is 0 Å². The summed E-state index contributed by atoms with van der Waals surface area (Å²) in [5.41, 5.74) is -0.721. The Hall–Kier alpha value is -3.03. The Morgan fingerprint density at radius 1 is 1.35 bits per heavy atom. The van der Waals surface area contributed by atoms with Crippen LogP contribution in [0.2, 0.25) is 0 Å². The van der Waals surface area contributed by atoms with Crippen molar-refractivity contribution in [1.82, 2.24) is 4.98 Å². The Morgan fingerprint density at radius 3 is 2.75 bits per heavy atom. The van der Waals surface area contributed by atoms with Gasteiger partial charge in [0.25, 0.3) is 0 Å². The number of aromatic carboxylic acids is 1. The van der Waals surface area contributed by atoms with Crippen molar-refractivity contribution in [2.24, 2.45) is 0 Å². The molecule has 0 radical (unpaired) electrons. The quantitative estimate of drug-likeness (QED) is 0.681. The molecule has 0 spiro atoms. The van der Waals surface area contributed by atoms with Gasteiger partial charge in [-0.15, -0.1) is 0 Å².